The van der Waals surface area contributed by atoms with Crippen LogP contribution in [0, 0.1) is 5.41 Å². The molecule has 0 saturated heterocycles. The van der Waals surface area contributed by atoms with Crippen LogP contribution in [0.1, 0.15) is 56.4 Å². The van der Waals surface area contributed by atoms with Crippen LogP contribution in [0.15, 0.2) is 23.0 Å². The van der Waals surface area contributed by atoms with E-state index in [9.17, 15) is 4.79 Å². The van der Waals surface area contributed by atoms with E-state index in [1.54, 1.807) is 0 Å². The first-order chi connectivity index (χ1) is 11.2. The lowest BCUT2D eigenvalue weighted by Crippen LogP contribution is -2.35. The van der Waals surface area contributed by atoms with Crippen molar-refractivity contribution in [1.82, 2.24) is 9.36 Å². The lowest BCUT2D eigenvalue weighted by atomic mass is 9.70. The second-order valence-corrected chi connectivity index (χ2v) is 9.20. The molecule has 2 aromatic rings. The summed E-state index contributed by atoms with van der Waals surface area (Å²) in [5.74, 6) is 0.362. The quantitative estimate of drug-likeness (QED) is 0.464. The molecule has 0 radical (unpaired) electrons. The van der Waals surface area contributed by atoms with Crippen molar-refractivity contribution in [1.29, 1.82) is 0 Å². The Morgan fingerprint density at radius 1 is 1.29 bits per heavy atom. The zero-order valence-electron chi connectivity index (χ0n) is 14.5. The van der Waals surface area contributed by atoms with Gasteiger partial charge in [-0.05, 0) is 47.9 Å². The Kier molecular flexibility index (Phi) is 3.57. The van der Waals surface area contributed by atoms with Gasteiger partial charge in [-0.1, -0.05) is 55.0 Å². The molecule has 1 aromatic carbocycles. The summed E-state index contributed by atoms with van der Waals surface area (Å²) in [4.78, 5) is 13.3. The third-order valence-electron chi connectivity index (χ3n) is 6.74. The van der Waals surface area contributed by atoms with Crippen LogP contribution < -0.4 is 5.56 Å². The average Bonchev–Trinajstić information content (AvgIpc) is 2.98. The SMILES string of the molecule is Cn1c2c(c(=O)n1-c1cc(Cl)cc(CI)c1)[C@H]1CC[C@]2(C)C1(C)C. The van der Waals surface area contributed by atoms with E-state index in [0.717, 1.165) is 34.1 Å². The topological polar surface area (TPSA) is 26.9 Å². The Hall–Kier alpha value is -0.750. The van der Waals surface area contributed by atoms with E-state index >= 15 is 0 Å². The van der Waals surface area contributed by atoms with Gasteiger partial charge in [0, 0.05) is 27.5 Å². The van der Waals surface area contributed by atoms with E-state index < -0.39 is 0 Å². The molecule has 0 unspecified atom stereocenters. The summed E-state index contributed by atoms with van der Waals surface area (Å²) in [5, 5.41) is 0.682. The number of alkyl halides is 1. The van der Waals surface area contributed by atoms with Gasteiger partial charge in [0.2, 0.25) is 0 Å². The number of benzene rings is 1. The third kappa shape index (κ3) is 1.87. The molecule has 5 heteroatoms. The van der Waals surface area contributed by atoms with Crippen molar-refractivity contribution in [3.05, 3.63) is 50.4 Å². The maximum atomic E-state index is 13.3. The van der Waals surface area contributed by atoms with Crippen LogP contribution in [-0.4, -0.2) is 9.36 Å². The summed E-state index contributed by atoms with van der Waals surface area (Å²) in [7, 11) is 2.02. The fraction of sp³-hybridized carbons (Fsp3) is 0.526. The zero-order chi connectivity index (χ0) is 17.4. The zero-order valence-corrected chi connectivity index (χ0v) is 17.4. The number of nitrogens with zero attached hydrogens (tertiary/aromatic N) is 2. The van der Waals surface area contributed by atoms with Crippen molar-refractivity contribution in [3.8, 4) is 5.69 Å². The first-order valence-electron chi connectivity index (χ1n) is 8.40. The van der Waals surface area contributed by atoms with Gasteiger partial charge in [-0.25, -0.2) is 4.68 Å². The normalized spacial score (nSPS) is 26.8. The van der Waals surface area contributed by atoms with Crippen molar-refractivity contribution in [2.45, 2.75) is 49.4 Å². The minimum absolute atomic E-state index is 0.0663. The Balaban J connectivity index is 2.00. The minimum atomic E-state index is 0.0663. The molecule has 0 amide bonds. The van der Waals surface area contributed by atoms with Crippen molar-refractivity contribution in [2.24, 2.45) is 12.5 Å². The Bertz CT molecular complexity index is 911. The van der Waals surface area contributed by atoms with Crippen LogP contribution in [0.4, 0.5) is 0 Å². The summed E-state index contributed by atoms with van der Waals surface area (Å²) < 4.78 is 4.77. The summed E-state index contributed by atoms with van der Waals surface area (Å²) in [6.07, 6.45) is 2.27. The smallest absolute Gasteiger partial charge is 0.275 e. The second kappa shape index (κ2) is 5.13. The Morgan fingerprint density at radius 2 is 2.00 bits per heavy atom. The molecule has 0 spiro atoms. The van der Waals surface area contributed by atoms with Gasteiger partial charge in [0.25, 0.3) is 5.56 Å². The first-order valence-corrected chi connectivity index (χ1v) is 10.3. The third-order valence-corrected chi connectivity index (χ3v) is 7.84. The van der Waals surface area contributed by atoms with Gasteiger partial charge in [-0.15, -0.1) is 0 Å². The van der Waals surface area contributed by atoms with Crippen molar-refractivity contribution in [2.75, 3.05) is 0 Å². The summed E-state index contributed by atoms with van der Waals surface area (Å²) >= 11 is 8.62. The van der Waals surface area contributed by atoms with E-state index in [1.165, 1.54) is 5.69 Å². The number of halogens is 2. The molecule has 2 aliphatic carbocycles. The van der Waals surface area contributed by atoms with Gasteiger partial charge < -0.3 is 0 Å². The largest absolute Gasteiger partial charge is 0.284 e. The Morgan fingerprint density at radius 3 is 2.62 bits per heavy atom. The molecule has 2 atom stereocenters. The molecule has 1 heterocycles. The van der Waals surface area contributed by atoms with Gasteiger partial charge in [0.15, 0.2) is 0 Å². The second-order valence-electron chi connectivity index (χ2n) is 8.00. The maximum Gasteiger partial charge on any atom is 0.275 e. The number of fused-ring (bicyclic) bond motifs is 5. The molecule has 3 nitrogen and oxygen atoms in total. The number of hydrogen-bond donors (Lipinski definition) is 0. The maximum absolute atomic E-state index is 13.3. The van der Waals surface area contributed by atoms with Crippen LogP contribution in [0.3, 0.4) is 0 Å². The number of hydrogen-bond acceptors (Lipinski definition) is 1. The highest BCUT2D eigenvalue weighted by atomic mass is 127. The minimum Gasteiger partial charge on any atom is -0.284 e. The molecule has 4 rings (SSSR count). The lowest BCUT2D eigenvalue weighted by Gasteiger charge is -2.36. The van der Waals surface area contributed by atoms with Gasteiger partial charge in [0.05, 0.1) is 11.4 Å². The molecule has 1 fully saturated rings. The molecule has 24 heavy (non-hydrogen) atoms. The van der Waals surface area contributed by atoms with Gasteiger partial charge >= 0.3 is 0 Å². The van der Waals surface area contributed by atoms with E-state index in [1.807, 2.05) is 23.9 Å². The van der Waals surface area contributed by atoms with Crippen LogP contribution in [0.2, 0.25) is 5.02 Å². The molecule has 1 saturated carbocycles. The summed E-state index contributed by atoms with van der Waals surface area (Å²) in [6, 6.07) is 5.93. The molecular weight excluding hydrogens is 435 g/mol. The fourth-order valence-corrected chi connectivity index (χ4v) is 5.84. The average molecular weight is 457 g/mol. The van der Waals surface area contributed by atoms with Crippen molar-refractivity contribution >= 4 is 34.2 Å². The lowest BCUT2D eigenvalue weighted by molar-refractivity contribution is 0.218. The van der Waals surface area contributed by atoms with E-state index in [4.69, 9.17) is 11.6 Å². The van der Waals surface area contributed by atoms with E-state index in [0.29, 0.717) is 10.9 Å². The number of rotatable bonds is 2. The van der Waals surface area contributed by atoms with Crippen molar-refractivity contribution in [3.63, 3.8) is 0 Å². The van der Waals surface area contributed by atoms with Crippen LogP contribution in [-0.2, 0) is 16.9 Å². The Labute approximate surface area is 161 Å². The van der Waals surface area contributed by atoms with Crippen LogP contribution >= 0.6 is 34.2 Å². The first kappa shape index (κ1) is 16.7. The predicted molar refractivity (Wildman–Crippen MR) is 107 cm³/mol. The highest BCUT2D eigenvalue weighted by Crippen LogP contribution is 2.66. The molecular formula is C19H22ClIN2O. The molecule has 0 N–H and O–H groups in total. The van der Waals surface area contributed by atoms with Gasteiger partial charge in [-0.3, -0.25) is 9.48 Å². The van der Waals surface area contributed by atoms with E-state index in [-0.39, 0.29) is 16.4 Å². The summed E-state index contributed by atoms with van der Waals surface area (Å²) in [5.41, 5.74) is 4.62. The highest BCUT2D eigenvalue weighted by Gasteiger charge is 2.62. The molecule has 2 aliphatic rings. The standard InChI is InChI=1S/C19H22ClIN2O/c1-18(2)14-5-6-19(18,3)16-15(14)17(24)23(22(16)4)13-8-11(10-21)7-12(20)9-13/h7-9,14H,5-6,10H2,1-4H3/t14-,19+/m1/s1. The predicted octanol–water partition coefficient (Wildman–Crippen LogP) is 4.94. The van der Waals surface area contributed by atoms with Crippen molar-refractivity contribution < 1.29 is 0 Å². The van der Waals surface area contributed by atoms with E-state index in [2.05, 4.69) is 54.1 Å². The van der Waals surface area contributed by atoms with Crippen LogP contribution in [0.5, 0.6) is 0 Å². The summed E-state index contributed by atoms with van der Waals surface area (Å²) in [6.45, 7) is 6.97. The highest BCUT2D eigenvalue weighted by molar-refractivity contribution is 14.1. The molecule has 2 bridgehead atoms. The van der Waals surface area contributed by atoms with Gasteiger partial charge in [-0.2, -0.15) is 0 Å². The fourth-order valence-electron chi connectivity index (χ4n) is 5.15. The molecule has 128 valence electrons. The molecule has 1 aromatic heterocycles. The van der Waals surface area contributed by atoms with Gasteiger partial charge in [0.1, 0.15) is 0 Å². The van der Waals surface area contributed by atoms with Crippen LogP contribution in [0.25, 0.3) is 5.69 Å². The monoisotopic (exact) mass is 456 g/mol. The number of aromatic nitrogens is 2. The molecule has 0 aliphatic heterocycles.